The van der Waals surface area contributed by atoms with Crippen LogP contribution in [-0.4, -0.2) is 59.7 Å². The predicted molar refractivity (Wildman–Crippen MR) is 105 cm³/mol. The molecule has 0 N–H and O–H groups in total. The zero-order valence-electron chi connectivity index (χ0n) is 15.5. The third kappa shape index (κ3) is 4.06. The van der Waals surface area contributed by atoms with E-state index < -0.39 is 6.04 Å². The molecule has 2 aliphatic rings. The van der Waals surface area contributed by atoms with Crippen LogP contribution in [0.15, 0.2) is 18.2 Å². The molecule has 0 spiro atoms. The fraction of sp³-hybridized carbons (Fsp3) is 0.526. The van der Waals surface area contributed by atoms with Crippen molar-refractivity contribution in [2.45, 2.75) is 44.7 Å². The van der Waals surface area contributed by atoms with E-state index in [0.29, 0.717) is 41.7 Å². The number of anilines is 1. The number of rotatable bonds is 2. The molecular weight excluding hydrogens is 389 g/mol. The summed E-state index contributed by atoms with van der Waals surface area (Å²) in [6.45, 7) is 2.55. The monoisotopic (exact) mass is 411 g/mol. The van der Waals surface area contributed by atoms with E-state index in [-0.39, 0.29) is 30.2 Å². The molecule has 6 nitrogen and oxygen atoms in total. The summed E-state index contributed by atoms with van der Waals surface area (Å²) in [6, 6.07) is 4.55. The summed E-state index contributed by atoms with van der Waals surface area (Å²) in [5, 5.41) is 0.806. The summed E-state index contributed by atoms with van der Waals surface area (Å²) in [5.41, 5.74) is 0.639. The minimum Gasteiger partial charge on any atom is -0.342 e. The number of hydrogen-bond donors (Lipinski definition) is 0. The molecule has 3 rings (SSSR count). The Bertz CT molecular complexity index is 771. The Hall–Kier alpha value is -1.79. The summed E-state index contributed by atoms with van der Waals surface area (Å²) >= 11 is 12.0. The zero-order valence-corrected chi connectivity index (χ0v) is 17.0. The van der Waals surface area contributed by atoms with Crippen molar-refractivity contribution >= 4 is 46.6 Å². The number of carbonyl (C=O) groups excluding carboxylic acids is 3. The molecule has 1 aromatic carbocycles. The van der Waals surface area contributed by atoms with E-state index in [2.05, 4.69) is 0 Å². The van der Waals surface area contributed by atoms with Gasteiger partial charge in [0.1, 0.15) is 6.04 Å². The van der Waals surface area contributed by atoms with Crippen molar-refractivity contribution in [2.75, 3.05) is 25.0 Å². The van der Waals surface area contributed by atoms with Crippen molar-refractivity contribution in [1.29, 1.82) is 0 Å². The van der Waals surface area contributed by atoms with Crippen molar-refractivity contribution in [3.8, 4) is 0 Å². The lowest BCUT2D eigenvalue weighted by molar-refractivity contribution is -0.142. The molecule has 2 saturated heterocycles. The summed E-state index contributed by atoms with van der Waals surface area (Å²) in [6.07, 6.45) is 2.34. The first-order valence-electron chi connectivity index (χ1n) is 9.09. The summed E-state index contributed by atoms with van der Waals surface area (Å²) in [5.74, 6) is -0.209. The van der Waals surface area contributed by atoms with E-state index in [4.69, 9.17) is 23.2 Å². The quantitative estimate of drug-likeness (QED) is 0.751. The Morgan fingerprint density at radius 2 is 1.85 bits per heavy atom. The largest absolute Gasteiger partial charge is 0.342 e. The van der Waals surface area contributed by atoms with E-state index in [1.165, 1.54) is 11.8 Å². The van der Waals surface area contributed by atoms with Gasteiger partial charge in [0.15, 0.2) is 0 Å². The van der Waals surface area contributed by atoms with Crippen LogP contribution >= 0.6 is 23.2 Å². The molecule has 27 heavy (non-hydrogen) atoms. The van der Waals surface area contributed by atoms with E-state index >= 15 is 0 Å². The Balaban J connectivity index is 1.77. The van der Waals surface area contributed by atoms with Crippen molar-refractivity contribution < 1.29 is 14.4 Å². The highest BCUT2D eigenvalue weighted by Gasteiger charge is 2.42. The molecule has 2 aliphatic heterocycles. The van der Waals surface area contributed by atoms with Crippen molar-refractivity contribution in [3.05, 3.63) is 28.2 Å². The molecule has 2 heterocycles. The van der Waals surface area contributed by atoms with E-state index in [0.717, 1.165) is 6.42 Å². The molecule has 3 amide bonds. The SMILES string of the molecule is CC(=O)N1CCC(=O)N2[C@H](CC[C@H]2C(=O)N(C)c2ccc(Cl)c(Cl)c2)CC1. The van der Waals surface area contributed by atoms with Crippen molar-refractivity contribution in [1.82, 2.24) is 9.80 Å². The lowest BCUT2D eigenvalue weighted by atomic mass is 10.1. The first-order chi connectivity index (χ1) is 12.8. The topological polar surface area (TPSA) is 60.9 Å². The van der Waals surface area contributed by atoms with Crippen LogP contribution in [0, 0.1) is 0 Å². The van der Waals surface area contributed by atoms with Gasteiger partial charge in [-0.1, -0.05) is 23.2 Å². The smallest absolute Gasteiger partial charge is 0.249 e. The van der Waals surface area contributed by atoms with Crippen molar-refractivity contribution in [3.63, 3.8) is 0 Å². The van der Waals surface area contributed by atoms with Gasteiger partial charge in [-0.25, -0.2) is 0 Å². The summed E-state index contributed by atoms with van der Waals surface area (Å²) in [7, 11) is 1.68. The molecule has 146 valence electrons. The fourth-order valence-electron chi connectivity index (χ4n) is 3.92. The minimum atomic E-state index is -0.481. The molecule has 1 aromatic rings. The van der Waals surface area contributed by atoms with E-state index in [1.54, 1.807) is 35.0 Å². The highest BCUT2D eigenvalue weighted by Crippen LogP contribution is 2.32. The number of halogens is 2. The van der Waals surface area contributed by atoms with Crippen LogP contribution in [0.25, 0.3) is 0 Å². The van der Waals surface area contributed by atoms with Crippen LogP contribution in [0.5, 0.6) is 0 Å². The molecule has 0 bridgehead atoms. The highest BCUT2D eigenvalue weighted by atomic mass is 35.5. The molecule has 0 radical (unpaired) electrons. The third-order valence-corrected chi connectivity index (χ3v) is 6.21. The normalized spacial score (nSPS) is 22.9. The standard InChI is InChI=1S/C19H23Cl2N3O3/c1-12(25)23-9-7-13-4-6-17(24(13)18(26)8-10-23)19(27)22(2)14-3-5-15(20)16(21)11-14/h3,5,11,13,17H,4,6-10H2,1-2H3/t13-,17+/m1/s1. The van der Waals surface area contributed by atoms with Crippen LogP contribution in [0.2, 0.25) is 10.0 Å². The Morgan fingerprint density at radius 3 is 2.52 bits per heavy atom. The first-order valence-corrected chi connectivity index (χ1v) is 9.84. The second-order valence-electron chi connectivity index (χ2n) is 7.09. The highest BCUT2D eigenvalue weighted by molar-refractivity contribution is 6.42. The van der Waals surface area contributed by atoms with Crippen LogP contribution in [0.3, 0.4) is 0 Å². The van der Waals surface area contributed by atoms with Gasteiger partial charge in [-0.15, -0.1) is 0 Å². The fourth-order valence-corrected chi connectivity index (χ4v) is 4.21. The number of hydrogen-bond acceptors (Lipinski definition) is 3. The zero-order chi connectivity index (χ0) is 19.7. The lowest BCUT2D eigenvalue weighted by Crippen LogP contribution is -2.52. The summed E-state index contributed by atoms with van der Waals surface area (Å²) < 4.78 is 0. The van der Waals surface area contributed by atoms with Gasteiger partial charge >= 0.3 is 0 Å². The second kappa shape index (κ2) is 8.07. The second-order valence-corrected chi connectivity index (χ2v) is 7.90. The maximum Gasteiger partial charge on any atom is 0.249 e. The number of fused-ring (bicyclic) bond motifs is 1. The Kier molecular flexibility index (Phi) is 5.96. The van der Waals surface area contributed by atoms with Gasteiger partial charge < -0.3 is 14.7 Å². The van der Waals surface area contributed by atoms with Gasteiger partial charge in [0.2, 0.25) is 17.7 Å². The minimum absolute atomic E-state index is 0.00388. The molecule has 0 aromatic heterocycles. The summed E-state index contributed by atoms with van der Waals surface area (Å²) in [4.78, 5) is 42.5. The molecule has 2 atom stereocenters. The van der Waals surface area contributed by atoms with Crippen LogP contribution in [-0.2, 0) is 14.4 Å². The molecule has 0 saturated carbocycles. The molecule has 0 aliphatic carbocycles. The molecular formula is C19H23Cl2N3O3. The van der Waals surface area contributed by atoms with Crippen LogP contribution in [0.4, 0.5) is 5.69 Å². The van der Waals surface area contributed by atoms with Gasteiger partial charge in [-0.2, -0.15) is 0 Å². The van der Waals surface area contributed by atoms with Gasteiger partial charge in [-0.3, -0.25) is 14.4 Å². The van der Waals surface area contributed by atoms with Gasteiger partial charge in [0.05, 0.1) is 10.0 Å². The van der Waals surface area contributed by atoms with E-state index in [1.807, 2.05) is 0 Å². The third-order valence-electron chi connectivity index (χ3n) is 5.47. The lowest BCUT2D eigenvalue weighted by Gasteiger charge is -2.35. The Labute approximate surface area is 169 Å². The number of nitrogens with zero attached hydrogens (tertiary/aromatic N) is 3. The number of likely N-dealkylation sites (N-methyl/N-ethyl adjacent to an activating group) is 1. The first kappa shape index (κ1) is 20.0. The van der Waals surface area contributed by atoms with Crippen LogP contribution < -0.4 is 4.90 Å². The molecule has 0 unspecified atom stereocenters. The van der Waals surface area contributed by atoms with Gasteiger partial charge in [0.25, 0.3) is 0 Å². The maximum atomic E-state index is 13.1. The van der Waals surface area contributed by atoms with Gasteiger partial charge in [-0.05, 0) is 37.5 Å². The van der Waals surface area contributed by atoms with E-state index in [9.17, 15) is 14.4 Å². The average molecular weight is 412 g/mol. The number of carbonyl (C=O) groups is 3. The van der Waals surface area contributed by atoms with Crippen molar-refractivity contribution in [2.24, 2.45) is 0 Å². The number of amides is 3. The average Bonchev–Trinajstić information content (AvgIpc) is 3.04. The maximum absolute atomic E-state index is 13.1. The Morgan fingerprint density at radius 1 is 1.11 bits per heavy atom. The number of benzene rings is 1. The predicted octanol–water partition coefficient (Wildman–Crippen LogP) is 2.96. The van der Waals surface area contributed by atoms with Crippen LogP contribution in [0.1, 0.15) is 32.6 Å². The van der Waals surface area contributed by atoms with Gasteiger partial charge in [0, 0.05) is 45.2 Å². The molecule has 8 heteroatoms. The molecule has 2 fully saturated rings.